The van der Waals surface area contributed by atoms with E-state index in [2.05, 4.69) is 23.9 Å². The molecule has 1 atom stereocenters. The average molecular weight is 423 g/mol. The Bertz CT molecular complexity index is 608. The lowest BCUT2D eigenvalue weighted by molar-refractivity contribution is -0.192. The number of hydrogen-bond acceptors (Lipinski definition) is 5. The van der Waals surface area contributed by atoms with Gasteiger partial charge in [-0.05, 0) is 52.1 Å². The van der Waals surface area contributed by atoms with Gasteiger partial charge in [-0.15, -0.1) is 0 Å². The summed E-state index contributed by atoms with van der Waals surface area (Å²) in [4.78, 5) is 31.3. The van der Waals surface area contributed by atoms with Crippen LogP contribution in [0.4, 0.5) is 13.2 Å². The predicted molar refractivity (Wildman–Crippen MR) is 103 cm³/mol. The number of rotatable bonds is 5. The minimum Gasteiger partial charge on any atom is -0.475 e. The fourth-order valence-corrected chi connectivity index (χ4v) is 3.12. The molecule has 0 aromatic carbocycles. The Hall–Kier alpha value is -1.84. The van der Waals surface area contributed by atoms with E-state index >= 15 is 0 Å². The van der Waals surface area contributed by atoms with E-state index in [1.54, 1.807) is 4.90 Å². The Kier molecular flexibility index (Phi) is 8.92. The summed E-state index contributed by atoms with van der Waals surface area (Å²) < 4.78 is 31.7. The van der Waals surface area contributed by atoms with E-state index in [-0.39, 0.29) is 17.6 Å². The van der Waals surface area contributed by atoms with E-state index in [9.17, 15) is 18.0 Å². The van der Waals surface area contributed by atoms with Gasteiger partial charge in [-0.1, -0.05) is 19.0 Å². The maximum Gasteiger partial charge on any atom is 0.490 e. The fourth-order valence-electron chi connectivity index (χ4n) is 3.12. The predicted octanol–water partition coefficient (Wildman–Crippen LogP) is 3.14. The summed E-state index contributed by atoms with van der Waals surface area (Å²) in [5, 5.41) is 11.3. The number of aliphatic carboxylic acids is 1. The third-order valence-electron chi connectivity index (χ3n) is 5.06. The molecule has 1 fully saturated rings. The first-order valence-corrected chi connectivity index (χ1v) is 9.82. The van der Waals surface area contributed by atoms with Crippen LogP contribution in [-0.2, 0) is 14.4 Å². The van der Waals surface area contributed by atoms with Gasteiger partial charge in [0.2, 0.25) is 0 Å². The van der Waals surface area contributed by atoms with E-state index in [0.717, 1.165) is 38.4 Å². The van der Waals surface area contributed by atoms with Crippen molar-refractivity contribution in [3.8, 4) is 0 Å². The van der Waals surface area contributed by atoms with Crippen LogP contribution in [0.1, 0.15) is 53.4 Å². The number of likely N-dealkylation sites (tertiary alicyclic amines) is 1. The van der Waals surface area contributed by atoms with Gasteiger partial charge in [-0.2, -0.15) is 13.2 Å². The SMILES string of the molecule is CC(C)CCN1CCCC2(CC(C(=O)N(C)C(C)C)=NO2)C1.O=C(O)C(F)(F)F. The van der Waals surface area contributed by atoms with Crippen molar-refractivity contribution in [2.75, 3.05) is 26.7 Å². The molecule has 10 heteroatoms. The number of hydrogen-bond donors (Lipinski definition) is 1. The molecule has 1 N–H and O–H groups in total. The summed E-state index contributed by atoms with van der Waals surface area (Å²) in [6.45, 7) is 11.7. The van der Waals surface area contributed by atoms with Crippen molar-refractivity contribution >= 4 is 17.6 Å². The Morgan fingerprint density at radius 2 is 1.90 bits per heavy atom. The molecule has 1 unspecified atom stereocenters. The number of nitrogens with zero attached hydrogens (tertiary/aromatic N) is 3. The quantitative estimate of drug-likeness (QED) is 0.735. The van der Waals surface area contributed by atoms with Gasteiger partial charge in [0.05, 0.1) is 0 Å². The molecule has 0 aromatic rings. The standard InChI is InChI=1S/C17H31N3O2.C2HF3O2/c1-13(2)7-10-20-9-6-8-17(12-20)11-15(18-22-17)16(21)19(5)14(3)4;3-2(4,5)1(6)7/h13-14H,6-12H2,1-5H3;(H,6,7). The van der Waals surface area contributed by atoms with Crippen molar-refractivity contribution in [3.05, 3.63) is 0 Å². The lowest BCUT2D eigenvalue weighted by atomic mass is 9.87. The van der Waals surface area contributed by atoms with Crippen molar-refractivity contribution in [2.45, 2.75) is 71.2 Å². The van der Waals surface area contributed by atoms with Gasteiger partial charge in [-0.3, -0.25) is 9.69 Å². The molecule has 7 nitrogen and oxygen atoms in total. The number of carbonyl (C=O) groups excluding carboxylic acids is 1. The monoisotopic (exact) mass is 423 g/mol. The maximum atomic E-state index is 12.4. The largest absolute Gasteiger partial charge is 0.490 e. The zero-order chi connectivity index (χ0) is 22.4. The summed E-state index contributed by atoms with van der Waals surface area (Å²) in [7, 11) is 1.83. The second-order valence-corrected chi connectivity index (χ2v) is 8.36. The topological polar surface area (TPSA) is 82.4 Å². The zero-order valence-corrected chi connectivity index (χ0v) is 17.8. The van der Waals surface area contributed by atoms with Crippen LogP contribution in [0.25, 0.3) is 0 Å². The average Bonchev–Trinajstić information content (AvgIpc) is 3.01. The number of amides is 1. The number of carboxylic acids is 1. The highest BCUT2D eigenvalue weighted by molar-refractivity contribution is 6.39. The summed E-state index contributed by atoms with van der Waals surface area (Å²) in [5.74, 6) is -2.03. The molecular formula is C19H32F3N3O4. The first kappa shape index (κ1) is 25.2. The third-order valence-corrected chi connectivity index (χ3v) is 5.06. The summed E-state index contributed by atoms with van der Waals surface area (Å²) >= 11 is 0. The van der Waals surface area contributed by atoms with E-state index < -0.39 is 12.1 Å². The van der Waals surface area contributed by atoms with Crippen molar-refractivity contribution in [3.63, 3.8) is 0 Å². The molecule has 1 saturated heterocycles. The van der Waals surface area contributed by atoms with Crippen LogP contribution in [-0.4, -0.2) is 77.0 Å². The number of carbonyl (C=O) groups is 2. The van der Waals surface area contributed by atoms with Crippen LogP contribution in [0.3, 0.4) is 0 Å². The van der Waals surface area contributed by atoms with E-state index in [4.69, 9.17) is 14.7 Å². The lowest BCUT2D eigenvalue weighted by Gasteiger charge is -2.38. The zero-order valence-electron chi connectivity index (χ0n) is 17.8. The Morgan fingerprint density at radius 1 is 1.31 bits per heavy atom. The van der Waals surface area contributed by atoms with Crippen LogP contribution in [0.5, 0.6) is 0 Å². The van der Waals surface area contributed by atoms with Crippen molar-refractivity contribution in [1.29, 1.82) is 0 Å². The minimum absolute atomic E-state index is 0.00572. The molecule has 0 aromatic heterocycles. The second kappa shape index (κ2) is 10.3. The molecule has 0 radical (unpaired) electrons. The smallest absolute Gasteiger partial charge is 0.475 e. The molecule has 29 heavy (non-hydrogen) atoms. The first-order chi connectivity index (χ1) is 13.3. The molecule has 1 spiro atoms. The summed E-state index contributed by atoms with van der Waals surface area (Å²) in [6, 6.07) is 0.181. The van der Waals surface area contributed by atoms with Gasteiger partial charge >= 0.3 is 12.1 Å². The molecule has 2 aliphatic rings. The lowest BCUT2D eigenvalue weighted by Crippen LogP contribution is -2.49. The highest BCUT2D eigenvalue weighted by Gasteiger charge is 2.45. The summed E-state index contributed by atoms with van der Waals surface area (Å²) in [6.07, 6.45) is -1.11. The van der Waals surface area contributed by atoms with Crippen molar-refractivity contribution in [2.24, 2.45) is 11.1 Å². The number of oxime groups is 1. The second-order valence-electron chi connectivity index (χ2n) is 8.36. The van der Waals surface area contributed by atoms with Gasteiger partial charge in [0.1, 0.15) is 5.71 Å². The number of carboxylic acid groups (broad SMARTS) is 1. The number of piperidine rings is 1. The van der Waals surface area contributed by atoms with E-state index in [1.807, 2.05) is 20.9 Å². The molecule has 2 heterocycles. The van der Waals surface area contributed by atoms with Crippen LogP contribution in [0, 0.1) is 5.92 Å². The summed E-state index contributed by atoms with van der Waals surface area (Å²) in [5.41, 5.74) is 0.319. The van der Waals surface area contributed by atoms with Gasteiger partial charge in [0, 0.05) is 26.1 Å². The van der Waals surface area contributed by atoms with Crippen LogP contribution < -0.4 is 0 Å². The first-order valence-electron chi connectivity index (χ1n) is 9.82. The van der Waals surface area contributed by atoms with E-state index in [0.29, 0.717) is 12.1 Å². The fraction of sp³-hybridized carbons (Fsp3) is 0.842. The Morgan fingerprint density at radius 3 is 2.38 bits per heavy atom. The van der Waals surface area contributed by atoms with E-state index in [1.165, 1.54) is 6.42 Å². The van der Waals surface area contributed by atoms with Crippen LogP contribution >= 0.6 is 0 Å². The maximum absolute atomic E-state index is 12.4. The van der Waals surface area contributed by atoms with Crippen LogP contribution in [0.2, 0.25) is 0 Å². The molecule has 0 bridgehead atoms. The highest BCUT2D eigenvalue weighted by atomic mass is 19.4. The molecule has 0 aliphatic carbocycles. The number of alkyl halides is 3. The van der Waals surface area contributed by atoms with Crippen molar-refractivity contribution in [1.82, 2.24) is 9.80 Å². The molecule has 168 valence electrons. The molecule has 2 aliphatic heterocycles. The Labute approximate surface area is 169 Å². The highest BCUT2D eigenvalue weighted by Crippen LogP contribution is 2.34. The van der Waals surface area contributed by atoms with Gasteiger partial charge in [0.15, 0.2) is 5.60 Å². The molecule has 1 amide bonds. The normalized spacial score (nSPS) is 22.2. The number of halogens is 3. The van der Waals surface area contributed by atoms with Crippen molar-refractivity contribution < 1.29 is 32.7 Å². The minimum atomic E-state index is -5.08. The van der Waals surface area contributed by atoms with Gasteiger partial charge < -0.3 is 14.8 Å². The third kappa shape index (κ3) is 7.83. The van der Waals surface area contributed by atoms with Gasteiger partial charge in [-0.25, -0.2) is 4.79 Å². The van der Waals surface area contributed by atoms with Crippen LogP contribution in [0.15, 0.2) is 5.16 Å². The molecule has 0 saturated carbocycles. The Balaban J connectivity index is 0.000000516. The molecule has 2 rings (SSSR count). The van der Waals surface area contributed by atoms with Gasteiger partial charge in [0.25, 0.3) is 5.91 Å². The molecular weight excluding hydrogens is 391 g/mol.